The lowest BCUT2D eigenvalue weighted by atomic mass is 9.43. The summed E-state index contributed by atoms with van der Waals surface area (Å²) in [5.74, 6) is -5.52. The summed E-state index contributed by atoms with van der Waals surface area (Å²) < 4.78 is 0. The normalized spacial score (nSPS) is 30.8. The van der Waals surface area contributed by atoms with Gasteiger partial charge in [-0.2, -0.15) is 0 Å². The van der Waals surface area contributed by atoms with Gasteiger partial charge in [0.25, 0.3) is 0 Å². The average molecular weight is 561 g/mol. The Hall–Kier alpha value is -3.78. The Morgan fingerprint density at radius 3 is 2.37 bits per heavy atom. The van der Waals surface area contributed by atoms with E-state index in [1.807, 2.05) is 12.2 Å². The third-order valence-corrected chi connectivity index (χ3v) is 9.70. The number of phenols is 1. The van der Waals surface area contributed by atoms with E-state index in [9.17, 15) is 39.6 Å². The molecule has 1 aromatic carbocycles. The first-order valence-electron chi connectivity index (χ1n) is 14.0. The summed E-state index contributed by atoms with van der Waals surface area (Å²) in [5.41, 5.74) is -3.99. The van der Waals surface area contributed by atoms with Gasteiger partial charge in [0.1, 0.15) is 22.8 Å². The molecule has 0 saturated heterocycles. The second-order valence-electron chi connectivity index (χ2n) is 12.8. The number of benzene rings is 1. The van der Waals surface area contributed by atoms with Gasteiger partial charge in [0, 0.05) is 34.3 Å². The summed E-state index contributed by atoms with van der Waals surface area (Å²) >= 11 is 0. The van der Waals surface area contributed by atoms with Crippen LogP contribution in [0.5, 0.6) is 5.75 Å². The lowest BCUT2D eigenvalue weighted by molar-refractivity contribution is -0.178. The van der Waals surface area contributed by atoms with Crippen LogP contribution in [0.1, 0.15) is 70.6 Å². The molecular weight excluding hydrogens is 524 g/mol. The fourth-order valence-corrected chi connectivity index (χ4v) is 8.07. The lowest BCUT2D eigenvalue weighted by Gasteiger charge is -2.59. The number of aliphatic hydroxyl groups is 3. The molecule has 8 nitrogen and oxygen atoms in total. The van der Waals surface area contributed by atoms with Crippen molar-refractivity contribution < 1.29 is 39.6 Å². The molecule has 0 aliphatic heterocycles. The third kappa shape index (κ3) is 3.83. The number of fused-ring (bicyclic) bond motifs is 3. The van der Waals surface area contributed by atoms with Gasteiger partial charge in [0.05, 0.1) is 5.56 Å². The average Bonchev–Trinajstić information content (AvgIpc) is 3.40. The number of phenolic OH excluding ortho intramolecular Hbond substituents is 1. The van der Waals surface area contributed by atoms with E-state index in [1.165, 1.54) is 6.07 Å². The Balaban J connectivity index is 1.68. The number of ketones is 4. The van der Waals surface area contributed by atoms with Crippen LogP contribution in [0.3, 0.4) is 0 Å². The van der Waals surface area contributed by atoms with E-state index in [0.717, 1.165) is 12.5 Å². The maximum atomic E-state index is 14.3. The van der Waals surface area contributed by atoms with Gasteiger partial charge in [-0.25, -0.2) is 0 Å². The van der Waals surface area contributed by atoms with E-state index in [1.54, 1.807) is 39.8 Å². The third-order valence-electron chi connectivity index (χ3n) is 9.70. The van der Waals surface area contributed by atoms with Crippen molar-refractivity contribution in [3.63, 3.8) is 0 Å². The Labute approximate surface area is 238 Å². The van der Waals surface area contributed by atoms with Crippen molar-refractivity contribution >= 4 is 28.9 Å². The van der Waals surface area contributed by atoms with Crippen LogP contribution in [0.2, 0.25) is 0 Å². The summed E-state index contributed by atoms with van der Waals surface area (Å²) in [7, 11) is 0. The molecular formula is C33H36O8. The van der Waals surface area contributed by atoms with Crippen LogP contribution in [0, 0.1) is 22.7 Å². The fourth-order valence-electron chi connectivity index (χ4n) is 8.07. The fraction of sp³-hybridized carbons (Fsp3) is 0.455. The van der Waals surface area contributed by atoms with Crippen molar-refractivity contribution in [3.8, 4) is 5.75 Å². The minimum atomic E-state index is -2.64. The van der Waals surface area contributed by atoms with Crippen molar-refractivity contribution in [1.82, 2.24) is 0 Å². The van der Waals surface area contributed by atoms with Crippen LogP contribution < -0.4 is 0 Å². The van der Waals surface area contributed by atoms with E-state index in [4.69, 9.17) is 0 Å². The van der Waals surface area contributed by atoms with Crippen LogP contribution in [0.25, 0.3) is 5.76 Å². The summed E-state index contributed by atoms with van der Waals surface area (Å²) in [5, 5.41) is 45.8. The minimum absolute atomic E-state index is 0.0162. The van der Waals surface area contributed by atoms with E-state index >= 15 is 0 Å². The molecule has 0 spiro atoms. The van der Waals surface area contributed by atoms with Crippen LogP contribution in [0.15, 0.2) is 52.8 Å². The highest BCUT2D eigenvalue weighted by atomic mass is 16.3. The second-order valence-corrected chi connectivity index (χ2v) is 12.8. The molecule has 5 rings (SSSR count). The largest absolute Gasteiger partial charge is 0.508 e. The SMILES string of the molecule is CC(=O)C1=C(O)[C@]2(O)C(=O)C3=C(O)c4c(O)ccc(CCC(=O)C5=CCC=C5)c4C[C@]3(C)C[C@]2(C)C(C(C)C)C1=O. The van der Waals surface area contributed by atoms with E-state index in [2.05, 4.69) is 0 Å². The summed E-state index contributed by atoms with van der Waals surface area (Å²) in [6, 6.07) is 3.11. The quantitative estimate of drug-likeness (QED) is 0.370. The number of aromatic hydroxyl groups is 1. The van der Waals surface area contributed by atoms with Gasteiger partial charge in [0.15, 0.2) is 23.0 Å². The number of rotatable bonds is 6. The zero-order chi connectivity index (χ0) is 30.2. The molecule has 1 fully saturated rings. The smallest absolute Gasteiger partial charge is 0.203 e. The number of aliphatic hydroxyl groups excluding tert-OH is 2. The van der Waals surface area contributed by atoms with Crippen LogP contribution in [-0.2, 0) is 32.0 Å². The van der Waals surface area contributed by atoms with Gasteiger partial charge in [-0.05, 0) is 55.7 Å². The Bertz CT molecular complexity index is 1550. The van der Waals surface area contributed by atoms with Gasteiger partial charge >= 0.3 is 0 Å². The molecule has 216 valence electrons. The Kier molecular flexibility index (Phi) is 6.57. The first kappa shape index (κ1) is 28.7. The van der Waals surface area contributed by atoms with Crippen molar-refractivity contribution in [2.45, 2.75) is 72.3 Å². The maximum absolute atomic E-state index is 14.3. The van der Waals surface area contributed by atoms with Crippen LogP contribution in [0.4, 0.5) is 0 Å². The highest BCUT2D eigenvalue weighted by molar-refractivity contribution is 6.24. The van der Waals surface area contributed by atoms with Crippen molar-refractivity contribution in [2.24, 2.45) is 22.7 Å². The molecule has 0 heterocycles. The predicted octanol–water partition coefficient (Wildman–Crippen LogP) is 4.58. The van der Waals surface area contributed by atoms with Gasteiger partial charge < -0.3 is 20.4 Å². The maximum Gasteiger partial charge on any atom is 0.203 e. The first-order chi connectivity index (χ1) is 19.1. The molecule has 1 unspecified atom stereocenters. The Morgan fingerprint density at radius 2 is 1.78 bits per heavy atom. The molecule has 8 heteroatoms. The highest BCUT2D eigenvalue weighted by Crippen LogP contribution is 2.65. The molecule has 0 amide bonds. The summed E-state index contributed by atoms with van der Waals surface area (Å²) in [6.45, 7) is 7.98. The number of Topliss-reactive ketones (excluding diaryl/α,β-unsaturated/α-hetero) is 4. The number of carbonyl (C=O) groups is 4. The molecule has 4 atom stereocenters. The highest BCUT2D eigenvalue weighted by Gasteiger charge is 2.72. The molecule has 4 aliphatic carbocycles. The van der Waals surface area contributed by atoms with Gasteiger partial charge in [-0.3, -0.25) is 19.2 Å². The van der Waals surface area contributed by atoms with E-state index < -0.39 is 62.7 Å². The standard InChI is InChI=1S/C33H36O8/c1-16(2)25-27(37)23(17(3)34)29(39)33(41)30(40)26-28(38)24-20(14-31(26,4)15-32(25,33)5)18(11-13-22(24)36)10-12-21(35)19-8-6-7-9-19/h6,8-9,11,13,16,25,36,38-39,41H,7,10,12,14-15H2,1-5H3/t25?,31-,32-,33+/m1/s1. The number of hydrogen-bond acceptors (Lipinski definition) is 8. The predicted molar refractivity (Wildman–Crippen MR) is 151 cm³/mol. The number of carbonyl (C=O) groups excluding carboxylic acids is 4. The number of allylic oxidation sites excluding steroid dienone is 5. The van der Waals surface area contributed by atoms with E-state index in [-0.39, 0.29) is 41.9 Å². The molecule has 1 saturated carbocycles. The lowest BCUT2D eigenvalue weighted by Crippen LogP contribution is -2.69. The number of aryl methyl sites for hydroxylation is 1. The monoisotopic (exact) mass is 560 g/mol. The van der Waals surface area contributed by atoms with Crippen LogP contribution >= 0.6 is 0 Å². The van der Waals surface area contributed by atoms with Crippen molar-refractivity contribution in [2.75, 3.05) is 0 Å². The van der Waals surface area contributed by atoms with Crippen LogP contribution in [-0.4, -0.2) is 49.2 Å². The summed E-state index contributed by atoms with van der Waals surface area (Å²) in [4.78, 5) is 53.2. The van der Waals surface area contributed by atoms with Gasteiger partial charge in [0.2, 0.25) is 5.78 Å². The van der Waals surface area contributed by atoms with Crippen molar-refractivity contribution in [3.05, 3.63) is 69.5 Å². The number of hydrogen-bond donors (Lipinski definition) is 4. The Morgan fingerprint density at radius 1 is 1.10 bits per heavy atom. The summed E-state index contributed by atoms with van der Waals surface area (Å²) in [6.07, 6.45) is 7.06. The molecule has 0 aromatic heterocycles. The zero-order valence-electron chi connectivity index (χ0n) is 24.0. The van der Waals surface area contributed by atoms with Crippen molar-refractivity contribution in [1.29, 1.82) is 0 Å². The molecule has 0 radical (unpaired) electrons. The molecule has 41 heavy (non-hydrogen) atoms. The molecule has 4 N–H and O–H groups in total. The topological polar surface area (TPSA) is 149 Å². The van der Waals surface area contributed by atoms with E-state index in [0.29, 0.717) is 24.0 Å². The van der Waals surface area contributed by atoms with Gasteiger partial charge in [-0.1, -0.05) is 52.0 Å². The molecule has 0 bridgehead atoms. The first-order valence-corrected chi connectivity index (χ1v) is 14.0. The minimum Gasteiger partial charge on any atom is -0.508 e. The molecule has 4 aliphatic rings. The van der Waals surface area contributed by atoms with Gasteiger partial charge in [-0.15, -0.1) is 0 Å². The molecule has 1 aromatic rings. The zero-order valence-corrected chi connectivity index (χ0v) is 24.0. The second kappa shape index (κ2) is 9.38.